The number of fused-ring (bicyclic) bond motifs is 1. The molecule has 0 fully saturated rings. The highest BCUT2D eigenvalue weighted by atomic mass is 35.5. The Kier molecular flexibility index (Phi) is 2.83. The second-order valence-corrected chi connectivity index (χ2v) is 5.68. The number of hydrogen-bond acceptors (Lipinski definition) is 5. The molecule has 0 bridgehead atoms. The monoisotopic (exact) mass is 271 g/mol. The van der Waals surface area contributed by atoms with Crippen LogP contribution in [0.4, 0.5) is 5.82 Å². The van der Waals surface area contributed by atoms with Gasteiger partial charge in [-0.3, -0.25) is 0 Å². The summed E-state index contributed by atoms with van der Waals surface area (Å²) in [6, 6.07) is 2.54. The average Bonchev–Trinajstić information content (AvgIpc) is 2.89. The summed E-state index contributed by atoms with van der Waals surface area (Å²) in [6.07, 6.45) is 3.56. The quantitative estimate of drug-likeness (QED) is 0.904. The van der Waals surface area contributed by atoms with Crippen molar-refractivity contribution >= 4 is 40.5 Å². The number of aromatic nitrogens is 2. The molecular formula is C10H10ClN3S2. The lowest BCUT2D eigenvalue weighted by atomic mass is 9.94. The third-order valence-electron chi connectivity index (χ3n) is 2.81. The Morgan fingerprint density at radius 1 is 1.44 bits per heavy atom. The van der Waals surface area contributed by atoms with Crippen molar-refractivity contribution in [2.24, 2.45) is 0 Å². The van der Waals surface area contributed by atoms with Gasteiger partial charge >= 0.3 is 0 Å². The van der Waals surface area contributed by atoms with Gasteiger partial charge < -0.3 is 5.32 Å². The van der Waals surface area contributed by atoms with E-state index in [2.05, 4.69) is 25.5 Å². The molecule has 0 amide bonds. The van der Waals surface area contributed by atoms with Crippen LogP contribution >= 0.6 is 34.7 Å². The molecule has 2 aromatic heterocycles. The first-order valence-corrected chi connectivity index (χ1v) is 7.14. The van der Waals surface area contributed by atoms with Gasteiger partial charge in [0.25, 0.3) is 0 Å². The molecule has 0 aliphatic heterocycles. The normalized spacial score (nSPS) is 19.4. The summed E-state index contributed by atoms with van der Waals surface area (Å²) < 4.78 is 8.12. The summed E-state index contributed by atoms with van der Waals surface area (Å²) in [4.78, 5) is 1.49. The maximum atomic E-state index is 5.94. The van der Waals surface area contributed by atoms with Gasteiger partial charge in [-0.2, -0.15) is 8.75 Å². The maximum Gasteiger partial charge on any atom is 0.186 e. The van der Waals surface area contributed by atoms with Gasteiger partial charge in [-0.15, -0.1) is 11.3 Å². The molecule has 1 aliphatic carbocycles. The summed E-state index contributed by atoms with van der Waals surface area (Å²) >= 11 is 8.92. The Bertz CT molecular complexity index is 494. The fraction of sp³-hybridized carbons (Fsp3) is 0.400. The van der Waals surface area contributed by atoms with E-state index in [0.29, 0.717) is 11.2 Å². The molecule has 1 atom stereocenters. The molecule has 1 N–H and O–H groups in total. The lowest BCUT2D eigenvalue weighted by Crippen LogP contribution is -2.15. The molecular weight excluding hydrogens is 262 g/mol. The molecule has 3 nitrogen and oxygen atoms in total. The predicted octanol–water partition coefficient (Wildman–Crippen LogP) is 3.74. The van der Waals surface area contributed by atoms with Crippen molar-refractivity contribution in [3.8, 4) is 0 Å². The van der Waals surface area contributed by atoms with E-state index in [1.54, 1.807) is 0 Å². The minimum Gasteiger partial charge on any atom is -0.360 e. The number of anilines is 1. The molecule has 16 heavy (non-hydrogen) atoms. The molecule has 2 aromatic rings. The van der Waals surface area contributed by atoms with Crippen LogP contribution in [-0.4, -0.2) is 8.75 Å². The molecule has 1 aliphatic rings. The van der Waals surface area contributed by atoms with Crippen LogP contribution in [0.1, 0.15) is 29.3 Å². The first kappa shape index (κ1) is 10.5. The van der Waals surface area contributed by atoms with Crippen molar-refractivity contribution in [2.45, 2.75) is 25.3 Å². The minimum absolute atomic E-state index is 0.344. The Morgan fingerprint density at radius 3 is 3.19 bits per heavy atom. The summed E-state index contributed by atoms with van der Waals surface area (Å²) in [7, 11) is 0. The van der Waals surface area contributed by atoms with Crippen LogP contribution in [0.15, 0.2) is 11.4 Å². The van der Waals surface area contributed by atoms with Crippen LogP contribution in [0.3, 0.4) is 0 Å². The van der Waals surface area contributed by atoms with Crippen LogP contribution in [0.25, 0.3) is 0 Å². The van der Waals surface area contributed by atoms with Crippen LogP contribution in [0, 0.1) is 0 Å². The van der Waals surface area contributed by atoms with Gasteiger partial charge in [0, 0.05) is 4.88 Å². The third kappa shape index (κ3) is 1.83. The number of thiophene rings is 1. The zero-order valence-corrected chi connectivity index (χ0v) is 10.8. The summed E-state index contributed by atoms with van der Waals surface area (Å²) in [5.41, 5.74) is 1.40. The zero-order valence-electron chi connectivity index (χ0n) is 8.44. The van der Waals surface area contributed by atoms with Crippen molar-refractivity contribution in [1.29, 1.82) is 0 Å². The molecule has 84 valence electrons. The van der Waals surface area contributed by atoms with Crippen molar-refractivity contribution in [3.63, 3.8) is 0 Å². The summed E-state index contributed by atoms with van der Waals surface area (Å²) in [6.45, 7) is 0. The van der Waals surface area contributed by atoms with E-state index in [4.69, 9.17) is 11.6 Å². The highest BCUT2D eigenvalue weighted by Gasteiger charge is 2.22. The molecule has 0 saturated carbocycles. The Hall–Kier alpha value is -0.650. The second kappa shape index (κ2) is 4.31. The van der Waals surface area contributed by atoms with Gasteiger partial charge in [0.1, 0.15) is 0 Å². The molecule has 2 heterocycles. The Morgan fingerprint density at radius 2 is 2.38 bits per heavy atom. The van der Waals surface area contributed by atoms with E-state index in [-0.39, 0.29) is 0 Å². The molecule has 0 spiro atoms. The standard InChI is InChI=1S/C10H10ClN3S2/c11-9-10(14-16-13-9)12-7-2-1-3-8-6(7)4-5-15-8/h4-5,7H,1-3H2,(H,12,14). The van der Waals surface area contributed by atoms with Crippen molar-refractivity contribution in [3.05, 3.63) is 27.0 Å². The van der Waals surface area contributed by atoms with Crippen molar-refractivity contribution in [1.82, 2.24) is 8.75 Å². The Labute approximate surface area is 107 Å². The first-order chi connectivity index (χ1) is 7.84. The Balaban J connectivity index is 1.85. The zero-order chi connectivity index (χ0) is 11.0. The lowest BCUT2D eigenvalue weighted by molar-refractivity contribution is 0.607. The fourth-order valence-corrected chi connectivity index (χ4v) is 3.71. The largest absolute Gasteiger partial charge is 0.360 e. The number of aryl methyl sites for hydroxylation is 1. The number of nitrogens with one attached hydrogen (secondary N) is 1. The van der Waals surface area contributed by atoms with E-state index < -0.39 is 0 Å². The first-order valence-electron chi connectivity index (χ1n) is 5.15. The number of hydrogen-bond donors (Lipinski definition) is 1. The molecule has 6 heteroatoms. The van der Waals surface area contributed by atoms with Crippen LogP contribution in [-0.2, 0) is 6.42 Å². The molecule has 3 rings (SSSR count). The van der Waals surface area contributed by atoms with E-state index in [1.807, 2.05) is 11.3 Å². The average molecular weight is 272 g/mol. The van der Waals surface area contributed by atoms with Gasteiger partial charge in [0.05, 0.1) is 17.8 Å². The van der Waals surface area contributed by atoms with Crippen LogP contribution in [0.2, 0.25) is 5.15 Å². The topological polar surface area (TPSA) is 37.8 Å². The van der Waals surface area contributed by atoms with Crippen molar-refractivity contribution in [2.75, 3.05) is 5.32 Å². The van der Waals surface area contributed by atoms with Gasteiger partial charge in [-0.1, -0.05) is 11.6 Å². The van der Waals surface area contributed by atoms with E-state index >= 15 is 0 Å². The lowest BCUT2D eigenvalue weighted by Gasteiger charge is -2.23. The fourth-order valence-electron chi connectivity index (χ4n) is 2.07. The van der Waals surface area contributed by atoms with Gasteiger partial charge in [-0.25, -0.2) is 0 Å². The van der Waals surface area contributed by atoms with Gasteiger partial charge in [0.2, 0.25) is 0 Å². The van der Waals surface area contributed by atoms with Crippen LogP contribution < -0.4 is 5.32 Å². The van der Waals surface area contributed by atoms with Gasteiger partial charge in [-0.05, 0) is 36.3 Å². The molecule has 0 aromatic carbocycles. The molecule has 0 saturated heterocycles. The van der Waals surface area contributed by atoms with Gasteiger partial charge in [0.15, 0.2) is 11.0 Å². The molecule has 1 unspecified atom stereocenters. The van der Waals surface area contributed by atoms with Crippen molar-refractivity contribution < 1.29 is 0 Å². The third-order valence-corrected chi connectivity index (χ3v) is 4.70. The highest BCUT2D eigenvalue weighted by molar-refractivity contribution is 7.10. The predicted molar refractivity (Wildman–Crippen MR) is 68.5 cm³/mol. The summed E-state index contributed by atoms with van der Waals surface area (Å²) in [5.74, 6) is 0.718. The maximum absolute atomic E-state index is 5.94. The second-order valence-electron chi connectivity index (χ2n) is 3.79. The highest BCUT2D eigenvalue weighted by Crippen LogP contribution is 2.36. The summed E-state index contributed by atoms with van der Waals surface area (Å²) in [5, 5.41) is 6.02. The number of halogens is 1. The molecule has 0 radical (unpaired) electrons. The van der Waals surface area contributed by atoms with Crippen LogP contribution in [0.5, 0.6) is 0 Å². The SMILES string of the molecule is Clc1nsnc1NC1CCCc2sccc21. The number of nitrogens with zero attached hydrogens (tertiary/aromatic N) is 2. The smallest absolute Gasteiger partial charge is 0.186 e. The minimum atomic E-state index is 0.344. The van der Waals surface area contributed by atoms with E-state index in [1.165, 1.54) is 23.3 Å². The van der Waals surface area contributed by atoms with E-state index in [0.717, 1.165) is 24.0 Å². The number of rotatable bonds is 2. The van der Waals surface area contributed by atoms with E-state index in [9.17, 15) is 0 Å².